The molecule has 0 heterocycles. The number of rotatable bonds is 3. The van der Waals surface area contributed by atoms with Gasteiger partial charge < -0.3 is 10.4 Å². The summed E-state index contributed by atoms with van der Waals surface area (Å²) in [5.41, 5.74) is 1.46. The van der Waals surface area contributed by atoms with Gasteiger partial charge in [-0.2, -0.15) is 0 Å². The number of hydrogen-bond donors (Lipinski definition) is 2. The smallest absolute Gasteiger partial charge is 0.258 e. The van der Waals surface area contributed by atoms with Gasteiger partial charge in [0, 0.05) is 5.69 Å². The number of amides is 1. The molecule has 2 rings (SSSR count). The molecule has 0 aromatic heterocycles. The lowest BCUT2D eigenvalue weighted by Gasteiger charge is -2.10. The third-order valence-corrected chi connectivity index (χ3v) is 2.93. The van der Waals surface area contributed by atoms with Gasteiger partial charge in [-0.05, 0) is 36.2 Å². The van der Waals surface area contributed by atoms with Crippen molar-refractivity contribution in [2.24, 2.45) is 0 Å². The standard InChI is InChI=1S/C15H13F2NO2/c1-9-5-6-10(8-19)7-13(9)18-15(20)11-3-2-4-12(16)14(11)17/h2-7,19H,8H2,1H3,(H,18,20). The third-order valence-electron chi connectivity index (χ3n) is 2.93. The minimum absolute atomic E-state index is 0.169. The van der Waals surface area contributed by atoms with Crippen molar-refractivity contribution < 1.29 is 18.7 Å². The zero-order valence-corrected chi connectivity index (χ0v) is 10.8. The Morgan fingerprint density at radius 1 is 1.25 bits per heavy atom. The van der Waals surface area contributed by atoms with Crippen LogP contribution in [0.1, 0.15) is 21.5 Å². The van der Waals surface area contributed by atoms with Crippen LogP contribution in [0.3, 0.4) is 0 Å². The Labute approximate surface area is 114 Å². The van der Waals surface area contributed by atoms with E-state index in [1.807, 2.05) is 0 Å². The molecule has 20 heavy (non-hydrogen) atoms. The van der Waals surface area contributed by atoms with Gasteiger partial charge in [0.1, 0.15) is 0 Å². The molecule has 1 amide bonds. The molecule has 2 aromatic rings. The average molecular weight is 277 g/mol. The van der Waals surface area contributed by atoms with Crippen LogP contribution >= 0.6 is 0 Å². The number of carbonyl (C=O) groups is 1. The number of nitrogens with one attached hydrogen (secondary N) is 1. The molecule has 0 aliphatic rings. The van der Waals surface area contributed by atoms with Gasteiger partial charge in [-0.3, -0.25) is 4.79 Å². The first kappa shape index (κ1) is 14.1. The van der Waals surface area contributed by atoms with Crippen LogP contribution in [-0.4, -0.2) is 11.0 Å². The lowest BCUT2D eigenvalue weighted by atomic mass is 10.1. The second-order valence-corrected chi connectivity index (χ2v) is 4.36. The Balaban J connectivity index is 2.30. The molecule has 0 bridgehead atoms. The molecule has 104 valence electrons. The molecule has 0 aliphatic carbocycles. The molecule has 5 heteroatoms. The second-order valence-electron chi connectivity index (χ2n) is 4.36. The van der Waals surface area contributed by atoms with Crippen LogP contribution in [0.15, 0.2) is 36.4 Å². The van der Waals surface area contributed by atoms with Gasteiger partial charge >= 0.3 is 0 Å². The Morgan fingerprint density at radius 3 is 2.70 bits per heavy atom. The number of halogens is 2. The molecule has 2 aromatic carbocycles. The number of hydrogen-bond acceptors (Lipinski definition) is 2. The maximum atomic E-state index is 13.5. The lowest BCUT2D eigenvalue weighted by Crippen LogP contribution is -2.15. The summed E-state index contributed by atoms with van der Waals surface area (Å²) in [6.07, 6.45) is 0. The maximum absolute atomic E-state index is 13.5. The zero-order valence-electron chi connectivity index (χ0n) is 10.8. The molecule has 2 N–H and O–H groups in total. The highest BCUT2D eigenvalue weighted by Gasteiger charge is 2.15. The van der Waals surface area contributed by atoms with Gasteiger partial charge in [-0.1, -0.05) is 18.2 Å². The van der Waals surface area contributed by atoms with E-state index in [2.05, 4.69) is 5.32 Å². The first-order valence-electron chi connectivity index (χ1n) is 5.98. The third kappa shape index (κ3) is 2.83. The molecular weight excluding hydrogens is 264 g/mol. The number of carbonyl (C=O) groups excluding carboxylic acids is 1. The van der Waals surface area contributed by atoms with Crippen LogP contribution in [0.4, 0.5) is 14.5 Å². The summed E-state index contributed by atoms with van der Waals surface area (Å²) < 4.78 is 26.6. The largest absolute Gasteiger partial charge is 0.392 e. The summed E-state index contributed by atoms with van der Waals surface area (Å²) in [5, 5.41) is 11.6. The Morgan fingerprint density at radius 2 is 2.00 bits per heavy atom. The molecule has 0 aliphatic heterocycles. The van der Waals surface area contributed by atoms with Crippen molar-refractivity contribution in [3.63, 3.8) is 0 Å². The van der Waals surface area contributed by atoms with Crippen molar-refractivity contribution in [2.75, 3.05) is 5.32 Å². The van der Waals surface area contributed by atoms with E-state index >= 15 is 0 Å². The molecule has 0 radical (unpaired) electrons. The van der Waals surface area contributed by atoms with Crippen molar-refractivity contribution in [1.29, 1.82) is 0 Å². The molecule has 0 unspecified atom stereocenters. The van der Waals surface area contributed by atoms with Crippen molar-refractivity contribution >= 4 is 11.6 Å². The predicted octanol–water partition coefficient (Wildman–Crippen LogP) is 3.02. The second kappa shape index (κ2) is 5.79. The van der Waals surface area contributed by atoms with Crippen LogP contribution in [0.2, 0.25) is 0 Å². The Hall–Kier alpha value is -2.27. The van der Waals surface area contributed by atoms with Crippen LogP contribution in [0, 0.1) is 18.6 Å². The monoisotopic (exact) mass is 277 g/mol. The van der Waals surface area contributed by atoms with Gasteiger partial charge in [-0.25, -0.2) is 8.78 Å². The van der Waals surface area contributed by atoms with E-state index in [1.54, 1.807) is 25.1 Å². The maximum Gasteiger partial charge on any atom is 0.258 e. The number of anilines is 1. The normalized spacial score (nSPS) is 10.4. The molecular formula is C15H13F2NO2. The van der Waals surface area contributed by atoms with Gasteiger partial charge in [-0.15, -0.1) is 0 Å². The summed E-state index contributed by atoms with van der Waals surface area (Å²) in [4.78, 5) is 12.0. The predicted molar refractivity (Wildman–Crippen MR) is 71.4 cm³/mol. The van der Waals surface area contributed by atoms with E-state index in [4.69, 9.17) is 5.11 Å². The van der Waals surface area contributed by atoms with Crippen LogP contribution in [0.25, 0.3) is 0 Å². The van der Waals surface area contributed by atoms with E-state index in [-0.39, 0.29) is 12.2 Å². The topological polar surface area (TPSA) is 49.3 Å². The van der Waals surface area contributed by atoms with Crippen molar-refractivity contribution in [2.45, 2.75) is 13.5 Å². The fourth-order valence-electron chi connectivity index (χ4n) is 1.77. The van der Waals surface area contributed by atoms with Gasteiger partial charge in [0.2, 0.25) is 0 Å². The molecule has 0 fully saturated rings. The highest BCUT2D eigenvalue weighted by molar-refractivity contribution is 6.04. The van der Waals surface area contributed by atoms with E-state index in [1.165, 1.54) is 12.1 Å². The summed E-state index contributed by atoms with van der Waals surface area (Å²) in [6.45, 7) is 1.59. The van der Waals surface area contributed by atoms with Gasteiger partial charge in [0.05, 0.1) is 12.2 Å². The minimum atomic E-state index is -1.18. The number of aliphatic hydroxyl groups is 1. The van der Waals surface area contributed by atoms with E-state index in [9.17, 15) is 13.6 Å². The SMILES string of the molecule is Cc1ccc(CO)cc1NC(=O)c1cccc(F)c1F. The quantitative estimate of drug-likeness (QED) is 0.906. The van der Waals surface area contributed by atoms with Crippen LogP contribution < -0.4 is 5.32 Å². The summed E-state index contributed by atoms with van der Waals surface area (Å²) in [5.74, 6) is -2.99. The van der Waals surface area contributed by atoms with Gasteiger partial charge in [0.25, 0.3) is 5.91 Å². The Bertz CT molecular complexity index is 656. The molecule has 3 nitrogen and oxygen atoms in total. The van der Waals surface area contributed by atoms with Crippen molar-refractivity contribution in [3.05, 3.63) is 64.7 Å². The lowest BCUT2D eigenvalue weighted by molar-refractivity contribution is 0.102. The molecule has 0 saturated carbocycles. The minimum Gasteiger partial charge on any atom is -0.392 e. The number of aryl methyl sites for hydroxylation is 1. The fraction of sp³-hybridized carbons (Fsp3) is 0.133. The van der Waals surface area contributed by atoms with E-state index in [0.29, 0.717) is 11.3 Å². The highest BCUT2D eigenvalue weighted by atomic mass is 19.2. The molecule has 0 saturated heterocycles. The summed E-state index contributed by atoms with van der Waals surface area (Å²) in [6, 6.07) is 8.45. The van der Waals surface area contributed by atoms with Crippen LogP contribution in [0.5, 0.6) is 0 Å². The van der Waals surface area contributed by atoms with E-state index < -0.39 is 17.5 Å². The number of benzene rings is 2. The summed E-state index contributed by atoms with van der Waals surface area (Å²) in [7, 11) is 0. The number of aliphatic hydroxyl groups excluding tert-OH is 1. The summed E-state index contributed by atoms with van der Waals surface area (Å²) >= 11 is 0. The van der Waals surface area contributed by atoms with Crippen LogP contribution in [-0.2, 0) is 6.61 Å². The van der Waals surface area contributed by atoms with Gasteiger partial charge in [0.15, 0.2) is 11.6 Å². The zero-order chi connectivity index (χ0) is 14.7. The first-order chi connectivity index (χ1) is 9.52. The molecule has 0 atom stereocenters. The average Bonchev–Trinajstić information content (AvgIpc) is 2.44. The molecule has 0 spiro atoms. The fourth-order valence-corrected chi connectivity index (χ4v) is 1.77. The van der Waals surface area contributed by atoms with Crippen molar-refractivity contribution in [3.8, 4) is 0 Å². The highest BCUT2D eigenvalue weighted by Crippen LogP contribution is 2.19. The first-order valence-corrected chi connectivity index (χ1v) is 5.98. The van der Waals surface area contributed by atoms with Crippen molar-refractivity contribution in [1.82, 2.24) is 0 Å². The Kier molecular flexibility index (Phi) is 4.10. The van der Waals surface area contributed by atoms with E-state index in [0.717, 1.165) is 11.6 Å².